The summed E-state index contributed by atoms with van der Waals surface area (Å²) in [5, 5.41) is 3.79. The molecule has 156 valence electrons. The SMILES string of the molecule is Cc1cc2c3c(c(C)c(C)cc3c1)-c1c(cc3cc(C4CCCCC4)ccc3[n+]1C)O2. The molecule has 1 aliphatic heterocycles. The smallest absolute Gasteiger partial charge is 0.256 e. The highest BCUT2D eigenvalue weighted by molar-refractivity contribution is 6.05. The first-order chi connectivity index (χ1) is 15.0. The van der Waals surface area contributed by atoms with Gasteiger partial charge < -0.3 is 4.74 Å². The number of nitrogens with zero attached hydrogens (tertiary/aromatic N) is 1. The number of hydrogen-bond donors (Lipinski definition) is 0. The number of ether oxygens (including phenoxy) is 1. The van der Waals surface area contributed by atoms with Gasteiger partial charge in [0, 0.05) is 17.5 Å². The molecule has 4 aromatic rings. The third-order valence-corrected chi connectivity index (χ3v) is 7.67. The Kier molecular flexibility index (Phi) is 4.15. The van der Waals surface area contributed by atoms with Crippen molar-refractivity contribution in [2.24, 2.45) is 7.05 Å². The maximum Gasteiger partial charge on any atom is 0.256 e. The molecule has 1 fully saturated rings. The molecule has 0 saturated heterocycles. The van der Waals surface area contributed by atoms with Crippen molar-refractivity contribution in [3.8, 4) is 22.8 Å². The molecular formula is C29H30NO+. The summed E-state index contributed by atoms with van der Waals surface area (Å²) in [4.78, 5) is 0. The van der Waals surface area contributed by atoms with Crippen LogP contribution in [0.2, 0.25) is 0 Å². The second kappa shape index (κ2) is 6.82. The van der Waals surface area contributed by atoms with E-state index in [1.54, 1.807) is 0 Å². The summed E-state index contributed by atoms with van der Waals surface area (Å²) in [6, 6.07) is 16.1. The molecule has 2 heteroatoms. The molecule has 2 nitrogen and oxygen atoms in total. The van der Waals surface area contributed by atoms with Crippen molar-refractivity contribution in [1.29, 1.82) is 0 Å². The molecule has 0 atom stereocenters. The molecule has 31 heavy (non-hydrogen) atoms. The van der Waals surface area contributed by atoms with Gasteiger partial charge in [0.25, 0.3) is 5.69 Å². The topological polar surface area (TPSA) is 13.1 Å². The van der Waals surface area contributed by atoms with Crippen molar-refractivity contribution in [2.45, 2.75) is 58.8 Å². The maximum absolute atomic E-state index is 6.58. The van der Waals surface area contributed by atoms with Gasteiger partial charge in [-0.1, -0.05) is 37.5 Å². The van der Waals surface area contributed by atoms with E-state index >= 15 is 0 Å². The highest BCUT2D eigenvalue weighted by atomic mass is 16.5. The molecule has 2 aliphatic rings. The van der Waals surface area contributed by atoms with Crippen molar-refractivity contribution >= 4 is 21.7 Å². The summed E-state index contributed by atoms with van der Waals surface area (Å²) in [5.41, 5.74) is 9.20. The average Bonchev–Trinajstić information content (AvgIpc) is 2.76. The van der Waals surface area contributed by atoms with Gasteiger partial charge in [-0.25, -0.2) is 0 Å². The Bertz CT molecular complexity index is 1380. The van der Waals surface area contributed by atoms with Gasteiger partial charge in [-0.2, -0.15) is 4.57 Å². The predicted octanol–water partition coefficient (Wildman–Crippen LogP) is 7.56. The third-order valence-electron chi connectivity index (χ3n) is 7.67. The number of pyridine rings is 1. The Morgan fingerprint density at radius 1 is 0.839 bits per heavy atom. The molecule has 0 amide bonds. The van der Waals surface area contributed by atoms with Crippen LogP contribution in [0, 0.1) is 20.8 Å². The Morgan fingerprint density at radius 2 is 1.65 bits per heavy atom. The first-order valence-corrected chi connectivity index (χ1v) is 11.7. The zero-order chi connectivity index (χ0) is 21.3. The van der Waals surface area contributed by atoms with E-state index in [0.717, 1.165) is 11.5 Å². The molecule has 0 spiro atoms. The maximum atomic E-state index is 6.58. The molecule has 1 aromatic heterocycles. The lowest BCUT2D eigenvalue weighted by Crippen LogP contribution is -2.33. The first-order valence-electron chi connectivity index (χ1n) is 11.7. The van der Waals surface area contributed by atoms with Crippen molar-refractivity contribution in [1.82, 2.24) is 0 Å². The van der Waals surface area contributed by atoms with Crippen molar-refractivity contribution < 1.29 is 9.30 Å². The molecule has 0 bridgehead atoms. The van der Waals surface area contributed by atoms with Crippen molar-refractivity contribution in [2.75, 3.05) is 0 Å². The van der Waals surface area contributed by atoms with Gasteiger partial charge >= 0.3 is 0 Å². The van der Waals surface area contributed by atoms with E-state index in [1.807, 2.05) is 0 Å². The monoisotopic (exact) mass is 408 g/mol. The Labute approximate surface area is 184 Å². The van der Waals surface area contributed by atoms with E-state index in [2.05, 4.69) is 74.9 Å². The first kappa shape index (κ1) is 18.9. The lowest BCUT2D eigenvalue weighted by molar-refractivity contribution is -0.633. The Morgan fingerprint density at radius 3 is 2.45 bits per heavy atom. The van der Waals surface area contributed by atoms with Crippen LogP contribution in [0.1, 0.15) is 60.3 Å². The van der Waals surface area contributed by atoms with Crippen LogP contribution in [-0.2, 0) is 7.05 Å². The minimum Gasteiger partial charge on any atom is -0.450 e. The fraction of sp³-hybridized carbons (Fsp3) is 0.345. The highest BCUT2D eigenvalue weighted by Gasteiger charge is 2.31. The standard InChI is InChI=1S/C29H30NO/c1-17-12-23-14-18(2)19(3)27-28(23)25(13-17)31-26-16-22-15-21(20-8-6-5-7-9-20)10-11-24(22)30(4)29(26)27/h10-16,20H,5-9H2,1-4H3/q+1. The predicted molar refractivity (Wildman–Crippen MR) is 128 cm³/mol. The number of benzene rings is 3. The average molecular weight is 409 g/mol. The second-order valence-electron chi connectivity index (χ2n) is 9.73. The zero-order valence-electron chi connectivity index (χ0n) is 19.0. The largest absolute Gasteiger partial charge is 0.450 e. The second-order valence-corrected chi connectivity index (χ2v) is 9.73. The van der Waals surface area contributed by atoms with E-state index in [4.69, 9.17) is 4.74 Å². The van der Waals surface area contributed by atoms with Gasteiger partial charge in [0.1, 0.15) is 12.8 Å². The number of aromatic nitrogens is 1. The van der Waals surface area contributed by atoms with Gasteiger partial charge in [0.2, 0.25) is 5.52 Å². The third kappa shape index (κ3) is 2.81. The van der Waals surface area contributed by atoms with Crippen molar-refractivity contribution in [3.05, 3.63) is 64.7 Å². The Balaban J connectivity index is 1.62. The van der Waals surface area contributed by atoms with E-state index in [-0.39, 0.29) is 0 Å². The lowest BCUT2D eigenvalue weighted by Gasteiger charge is -2.24. The molecule has 6 rings (SSSR count). The van der Waals surface area contributed by atoms with Crippen LogP contribution in [0.15, 0.2) is 42.5 Å². The molecule has 0 unspecified atom stereocenters. The van der Waals surface area contributed by atoms with E-state index in [1.165, 1.54) is 87.3 Å². The number of hydrogen-bond acceptors (Lipinski definition) is 1. The number of fused-ring (bicyclic) bond motifs is 3. The van der Waals surface area contributed by atoms with E-state index in [0.29, 0.717) is 5.92 Å². The van der Waals surface area contributed by atoms with Crippen LogP contribution < -0.4 is 9.30 Å². The van der Waals surface area contributed by atoms with Gasteiger partial charge in [-0.05, 0) is 79.3 Å². The van der Waals surface area contributed by atoms with Crippen LogP contribution in [0.5, 0.6) is 11.5 Å². The summed E-state index contributed by atoms with van der Waals surface area (Å²) < 4.78 is 8.93. The summed E-state index contributed by atoms with van der Waals surface area (Å²) in [6.45, 7) is 6.62. The molecule has 1 aliphatic carbocycles. The highest BCUT2D eigenvalue weighted by Crippen LogP contribution is 2.48. The van der Waals surface area contributed by atoms with Crippen LogP contribution in [0.4, 0.5) is 0 Å². The number of rotatable bonds is 1. The fourth-order valence-corrected chi connectivity index (χ4v) is 5.93. The zero-order valence-corrected chi connectivity index (χ0v) is 19.0. The molecular weight excluding hydrogens is 378 g/mol. The van der Waals surface area contributed by atoms with Gasteiger partial charge in [0.05, 0.1) is 10.9 Å². The van der Waals surface area contributed by atoms with Crippen LogP contribution in [0.3, 0.4) is 0 Å². The lowest BCUT2D eigenvalue weighted by atomic mass is 9.83. The quantitative estimate of drug-likeness (QED) is 0.261. The van der Waals surface area contributed by atoms with Crippen LogP contribution in [0.25, 0.3) is 32.9 Å². The van der Waals surface area contributed by atoms with Crippen molar-refractivity contribution in [3.63, 3.8) is 0 Å². The van der Waals surface area contributed by atoms with Gasteiger partial charge in [-0.15, -0.1) is 0 Å². The normalized spacial score (nSPS) is 15.9. The minimum absolute atomic E-state index is 0.711. The molecule has 1 saturated carbocycles. The van der Waals surface area contributed by atoms with Crippen LogP contribution in [-0.4, -0.2) is 0 Å². The molecule has 0 radical (unpaired) electrons. The molecule has 2 heterocycles. The Hall–Kier alpha value is -2.87. The fourth-order valence-electron chi connectivity index (χ4n) is 5.93. The summed E-state index contributed by atoms with van der Waals surface area (Å²) in [7, 11) is 2.19. The van der Waals surface area contributed by atoms with E-state index in [9.17, 15) is 0 Å². The summed E-state index contributed by atoms with van der Waals surface area (Å²) >= 11 is 0. The van der Waals surface area contributed by atoms with Gasteiger partial charge in [0.15, 0.2) is 5.75 Å². The van der Waals surface area contributed by atoms with Crippen LogP contribution >= 0.6 is 0 Å². The minimum atomic E-state index is 0.711. The summed E-state index contributed by atoms with van der Waals surface area (Å²) in [6.07, 6.45) is 6.77. The molecule has 0 N–H and O–H groups in total. The van der Waals surface area contributed by atoms with Gasteiger partial charge in [-0.3, -0.25) is 0 Å². The van der Waals surface area contributed by atoms with E-state index < -0.39 is 0 Å². The number of aryl methyl sites for hydroxylation is 3. The molecule has 3 aromatic carbocycles. The summed E-state index contributed by atoms with van der Waals surface area (Å²) in [5.74, 6) is 2.68.